The summed E-state index contributed by atoms with van der Waals surface area (Å²) in [5, 5.41) is 9.21. The summed E-state index contributed by atoms with van der Waals surface area (Å²) < 4.78 is 0. The van der Waals surface area contributed by atoms with Crippen LogP contribution in [0.4, 0.5) is 0 Å². The van der Waals surface area contributed by atoms with Crippen molar-refractivity contribution in [3.05, 3.63) is 0 Å². The highest BCUT2D eigenvalue weighted by Gasteiger charge is 2.39. The molecule has 2 rings (SSSR count). The number of likely N-dealkylation sites (N-methyl/N-ethyl adjacent to an activating group) is 1. The molecule has 0 radical (unpaired) electrons. The lowest BCUT2D eigenvalue weighted by molar-refractivity contribution is 0.245. The summed E-state index contributed by atoms with van der Waals surface area (Å²) in [6.45, 7) is 3.47. The van der Waals surface area contributed by atoms with Gasteiger partial charge in [-0.25, -0.2) is 0 Å². The third kappa shape index (κ3) is 2.85. The van der Waals surface area contributed by atoms with Crippen LogP contribution >= 0.6 is 0 Å². The summed E-state index contributed by atoms with van der Waals surface area (Å²) in [5.74, 6) is 0.404. The van der Waals surface area contributed by atoms with E-state index in [1.165, 1.54) is 19.5 Å². The van der Waals surface area contributed by atoms with Gasteiger partial charge in [0.05, 0.1) is 6.07 Å². The summed E-state index contributed by atoms with van der Waals surface area (Å²) >= 11 is 0. The third-order valence-electron chi connectivity index (χ3n) is 4.85. The highest BCUT2D eigenvalue weighted by Crippen LogP contribution is 2.35. The van der Waals surface area contributed by atoms with Crippen molar-refractivity contribution in [3.8, 4) is 6.07 Å². The van der Waals surface area contributed by atoms with Gasteiger partial charge in [-0.15, -0.1) is 0 Å². The van der Waals surface area contributed by atoms with E-state index in [1.54, 1.807) is 0 Å². The average Bonchev–Trinajstić information content (AvgIpc) is 2.94. The molecule has 0 spiro atoms. The second-order valence-electron chi connectivity index (χ2n) is 6.24. The van der Waals surface area contributed by atoms with Crippen molar-refractivity contribution in [2.24, 2.45) is 11.7 Å². The molecule has 1 saturated carbocycles. The molecule has 2 aliphatic rings. The van der Waals surface area contributed by atoms with Crippen LogP contribution in [0.25, 0.3) is 0 Å². The van der Waals surface area contributed by atoms with Gasteiger partial charge in [-0.2, -0.15) is 5.26 Å². The minimum Gasteiger partial charge on any atom is -0.313 e. The molecule has 102 valence electrons. The second kappa shape index (κ2) is 5.56. The predicted octanol–water partition coefficient (Wildman–Crippen LogP) is 1.03. The van der Waals surface area contributed by atoms with E-state index in [-0.39, 0.29) is 0 Å². The monoisotopic (exact) mass is 250 g/mol. The Morgan fingerprint density at radius 1 is 1.44 bits per heavy atom. The molecular formula is C14H26N4. The number of likely N-dealkylation sites (tertiary alicyclic amines) is 1. The molecule has 0 aromatic carbocycles. The minimum absolute atomic E-state index is 0.404. The molecule has 4 nitrogen and oxygen atoms in total. The van der Waals surface area contributed by atoms with Gasteiger partial charge in [-0.1, -0.05) is 6.42 Å². The largest absolute Gasteiger partial charge is 0.313 e. The van der Waals surface area contributed by atoms with E-state index in [4.69, 9.17) is 5.73 Å². The van der Waals surface area contributed by atoms with E-state index < -0.39 is 5.54 Å². The Labute approximate surface area is 111 Å². The van der Waals surface area contributed by atoms with Crippen LogP contribution in [-0.4, -0.2) is 55.1 Å². The molecule has 3 unspecified atom stereocenters. The molecule has 1 aliphatic carbocycles. The lowest BCUT2D eigenvalue weighted by atomic mass is 9.87. The normalized spacial score (nSPS) is 37.3. The minimum atomic E-state index is -0.541. The molecule has 0 amide bonds. The number of hydrogen-bond acceptors (Lipinski definition) is 4. The lowest BCUT2D eigenvalue weighted by Crippen LogP contribution is -2.43. The summed E-state index contributed by atoms with van der Waals surface area (Å²) in [7, 11) is 4.32. The van der Waals surface area contributed by atoms with Gasteiger partial charge in [-0.3, -0.25) is 0 Å². The Bertz CT molecular complexity index is 322. The Morgan fingerprint density at radius 3 is 2.83 bits per heavy atom. The third-order valence-corrected chi connectivity index (χ3v) is 4.85. The van der Waals surface area contributed by atoms with Gasteiger partial charge in [0.1, 0.15) is 5.54 Å². The summed E-state index contributed by atoms with van der Waals surface area (Å²) in [4.78, 5) is 4.85. The van der Waals surface area contributed by atoms with Crippen LogP contribution in [0.15, 0.2) is 0 Å². The zero-order valence-corrected chi connectivity index (χ0v) is 11.7. The van der Waals surface area contributed by atoms with Gasteiger partial charge in [0.2, 0.25) is 0 Å². The van der Waals surface area contributed by atoms with E-state index in [0.29, 0.717) is 12.0 Å². The molecule has 1 aliphatic heterocycles. The topological polar surface area (TPSA) is 56.3 Å². The highest BCUT2D eigenvalue weighted by molar-refractivity contribution is 5.12. The average molecular weight is 250 g/mol. The smallest absolute Gasteiger partial charge is 0.107 e. The molecule has 1 saturated heterocycles. The predicted molar refractivity (Wildman–Crippen MR) is 73.0 cm³/mol. The van der Waals surface area contributed by atoms with Crippen molar-refractivity contribution in [2.75, 3.05) is 33.7 Å². The van der Waals surface area contributed by atoms with Gasteiger partial charge in [0, 0.05) is 12.6 Å². The molecule has 4 heteroatoms. The maximum atomic E-state index is 9.21. The molecule has 3 atom stereocenters. The molecular weight excluding hydrogens is 224 g/mol. The SMILES string of the molecule is CN(C)C1CCN(CCC2CCCC2(N)C#N)C1. The Hall–Kier alpha value is -0.630. The van der Waals surface area contributed by atoms with Gasteiger partial charge in [0.25, 0.3) is 0 Å². The number of nitrogens with zero attached hydrogens (tertiary/aromatic N) is 3. The fourth-order valence-corrected chi connectivity index (χ4v) is 3.43. The first kappa shape index (κ1) is 13.8. The van der Waals surface area contributed by atoms with Gasteiger partial charge in [0.15, 0.2) is 0 Å². The van der Waals surface area contributed by atoms with Crippen LogP contribution in [0.2, 0.25) is 0 Å². The quantitative estimate of drug-likeness (QED) is 0.810. The fraction of sp³-hybridized carbons (Fsp3) is 0.929. The highest BCUT2D eigenvalue weighted by atomic mass is 15.2. The first-order chi connectivity index (χ1) is 8.55. The molecule has 18 heavy (non-hydrogen) atoms. The van der Waals surface area contributed by atoms with E-state index in [0.717, 1.165) is 32.2 Å². The van der Waals surface area contributed by atoms with E-state index >= 15 is 0 Å². The zero-order chi connectivity index (χ0) is 13.2. The van der Waals surface area contributed by atoms with Crippen LogP contribution in [0, 0.1) is 17.2 Å². The van der Waals surface area contributed by atoms with Crippen molar-refractivity contribution in [2.45, 2.75) is 43.7 Å². The molecule has 1 heterocycles. The van der Waals surface area contributed by atoms with E-state index in [9.17, 15) is 5.26 Å². The fourth-order valence-electron chi connectivity index (χ4n) is 3.43. The number of nitriles is 1. The molecule has 0 aromatic heterocycles. The van der Waals surface area contributed by atoms with Crippen LogP contribution in [0.1, 0.15) is 32.1 Å². The summed E-state index contributed by atoms with van der Waals surface area (Å²) in [6, 6.07) is 3.04. The standard InChI is InChI=1S/C14H26N4/c1-17(2)13-6-9-18(10-13)8-5-12-4-3-7-14(12,16)11-15/h12-13H,3-10,16H2,1-2H3. The van der Waals surface area contributed by atoms with Crippen LogP contribution in [0.5, 0.6) is 0 Å². The van der Waals surface area contributed by atoms with Gasteiger partial charge >= 0.3 is 0 Å². The van der Waals surface area contributed by atoms with Crippen molar-refractivity contribution in [1.29, 1.82) is 5.26 Å². The van der Waals surface area contributed by atoms with Crippen molar-refractivity contribution in [3.63, 3.8) is 0 Å². The van der Waals surface area contributed by atoms with Crippen LogP contribution in [0.3, 0.4) is 0 Å². The second-order valence-corrected chi connectivity index (χ2v) is 6.24. The van der Waals surface area contributed by atoms with E-state index in [1.807, 2.05) is 0 Å². The maximum Gasteiger partial charge on any atom is 0.107 e. The van der Waals surface area contributed by atoms with Crippen molar-refractivity contribution >= 4 is 0 Å². The Morgan fingerprint density at radius 2 is 2.22 bits per heavy atom. The van der Waals surface area contributed by atoms with Crippen LogP contribution in [-0.2, 0) is 0 Å². The molecule has 0 bridgehead atoms. The van der Waals surface area contributed by atoms with Gasteiger partial charge in [-0.05, 0) is 58.8 Å². The summed E-state index contributed by atoms with van der Waals surface area (Å²) in [6.07, 6.45) is 5.49. The molecule has 0 aromatic rings. The zero-order valence-electron chi connectivity index (χ0n) is 11.7. The maximum absolute atomic E-state index is 9.21. The van der Waals surface area contributed by atoms with Crippen molar-refractivity contribution < 1.29 is 0 Å². The number of nitrogens with two attached hydrogens (primary N) is 1. The lowest BCUT2D eigenvalue weighted by Gasteiger charge is -2.26. The summed E-state index contributed by atoms with van der Waals surface area (Å²) in [5.41, 5.74) is 5.63. The Kier molecular flexibility index (Phi) is 4.26. The number of rotatable bonds is 4. The first-order valence-electron chi connectivity index (χ1n) is 7.14. The Balaban J connectivity index is 1.78. The molecule has 2 N–H and O–H groups in total. The molecule has 2 fully saturated rings. The van der Waals surface area contributed by atoms with Gasteiger partial charge < -0.3 is 15.5 Å². The first-order valence-corrected chi connectivity index (χ1v) is 7.14. The van der Waals surface area contributed by atoms with E-state index in [2.05, 4.69) is 30.0 Å². The number of hydrogen-bond donors (Lipinski definition) is 1. The van der Waals surface area contributed by atoms with Crippen molar-refractivity contribution in [1.82, 2.24) is 9.80 Å². The van der Waals surface area contributed by atoms with Crippen LogP contribution < -0.4 is 5.73 Å².